The number of amides is 1. The Hall–Kier alpha value is -0.870. The summed E-state index contributed by atoms with van der Waals surface area (Å²) in [5, 5.41) is 0. The zero-order valence-electron chi connectivity index (χ0n) is 9.48. The van der Waals surface area contributed by atoms with Crippen LogP contribution in [0.5, 0.6) is 0 Å². The fraction of sp³-hybridized carbons (Fsp3) is 0.333. The first kappa shape index (κ1) is 11.6. The van der Waals surface area contributed by atoms with Crippen LogP contribution in [0.15, 0.2) is 24.3 Å². The van der Waals surface area contributed by atoms with Crippen molar-refractivity contribution in [3.63, 3.8) is 0 Å². The molecule has 1 saturated heterocycles. The minimum Gasteiger partial charge on any atom is -0.272 e. The molecule has 0 bridgehead atoms. The average molecular weight is 251 g/mol. The van der Waals surface area contributed by atoms with Gasteiger partial charge in [-0.15, -0.1) is 0 Å². The quantitative estimate of drug-likeness (QED) is 0.715. The lowest BCUT2D eigenvalue weighted by atomic mass is 10.1. The van der Waals surface area contributed by atoms with E-state index in [9.17, 15) is 4.79 Å². The minimum absolute atomic E-state index is 0.0665. The third-order valence-corrected chi connectivity index (χ3v) is 4.07. The van der Waals surface area contributed by atoms with Crippen molar-refractivity contribution in [2.24, 2.45) is 0 Å². The summed E-state index contributed by atoms with van der Waals surface area (Å²) < 4.78 is 0.198. The molecule has 0 aromatic heterocycles. The van der Waals surface area contributed by atoms with Gasteiger partial charge in [0.25, 0.3) is 0 Å². The first-order valence-electron chi connectivity index (χ1n) is 5.06. The summed E-state index contributed by atoms with van der Waals surface area (Å²) in [4.78, 5) is 13.9. The van der Waals surface area contributed by atoms with Crippen LogP contribution in [0.4, 0.5) is 5.69 Å². The predicted octanol–water partition coefficient (Wildman–Crippen LogP) is 3.14. The van der Waals surface area contributed by atoms with E-state index in [2.05, 4.69) is 0 Å². The van der Waals surface area contributed by atoms with Crippen LogP contribution in [-0.4, -0.2) is 15.0 Å². The molecule has 84 valence electrons. The lowest BCUT2D eigenvalue weighted by molar-refractivity contribution is -0.118. The number of rotatable bonds is 1. The highest BCUT2D eigenvalue weighted by molar-refractivity contribution is 8.25. The van der Waals surface area contributed by atoms with Crippen molar-refractivity contribution in [1.82, 2.24) is 0 Å². The number of carbonyl (C=O) groups excluding carboxylic acids is 1. The predicted molar refractivity (Wildman–Crippen MR) is 72.9 cm³/mol. The molecule has 1 aromatic rings. The maximum atomic E-state index is 12.2. The van der Waals surface area contributed by atoms with Gasteiger partial charge >= 0.3 is 0 Å². The second-order valence-electron chi connectivity index (χ2n) is 4.31. The molecular weight excluding hydrogens is 238 g/mol. The van der Waals surface area contributed by atoms with E-state index >= 15 is 0 Å². The summed E-state index contributed by atoms with van der Waals surface area (Å²) in [6.07, 6.45) is 0. The molecule has 0 saturated carbocycles. The molecule has 0 atom stereocenters. The number of thiocarbonyl (C=S) groups is 1. The van der Waals surface area contributed by atoms with Gasteiger partial charge in [0.2, 0.25) is 5.91 Å². The molecule has 1 amide bonds. The first-order valence-corrected chi connectivity index (χ1v) is 6.29. The summed E-state index contributed by atoms with van der Waals surface area (Å²) in [7, 11) is 0. The van der Waals surface area contributed by atoms with Crippen molar-refractivity contribution in [1.29, 1.82) is 0 Å². The number of thioether (sulfide) groups is 1. The second kappa shape index (κ2) is 3.86. The van der Waals surface area contributed by atoms with Gasteiger partial charge in [-0.1, -0.05) is 42.2 Å². The summed E-state index contributed by atoms with van der Waals surface area (Å²) in [6.45, 7) is 5.80. The lowest BCUT2D eigenvalue weighted by Gasteiger charge is -2.19. The molecule has 0 radical (unpaired) electrons. The van der Waals surface area contributed by atoms with Gasteiger partial charge in [0.15, 0.2) is 0 Å². The van der Waals surface area contributed by atoms with Crippen molar-refractivity contribution < 1.29 is 4.79 Å². The number of carbonyl (C=O) groups is 1. The number of aryl methyl sites for hydroxylation is 1. The number of hydrogen-bond donors (Lipinski definition) is 0. The van der Waals surface area contributed by atoms with Gasteiger partial charge in [0.1, 0.15) is 4.32 Å². The van der Waals surface area contributed by atoms with Gasteiger partial charge < -0.3 is 0 Å². The Labute approximate surface area is 105 Å². The van der Waals surface area contributed by atoms with Gasteiger partial charge in [-0.3, -0.25) is 9.69 Å². The Bertz CT molecular complexity index is 468. The molecule has 1 aliphatic rings. The van der Waals surface area contributed by atoms with Crippen LogP contribution < -0.4 is 4.90 Å². The number of anilines is 1. The highest BCUT2D eigenvalue weighted by Gasteiger charge is 2.44. The molecule has 0 unspecified atom stereocenters. The molecular formula is C12H13NOS2. The van der Waals surface area contributed by atoms with E-state index < -0.39 is 4.75 Å². The SMILES string of the molecule is Cc1ccccc1N1C(=O)C(C)(C)SC1=S. The van der Waals surface area contributed by atoms with E-state index in [4.69, 9.17) is 12.2 Å². The van der Waals surface area contributed by atoms with Crippen LogP contribution in [0.3, 0.4) is 0 Å². The van der Waals surface area contributed by atoms with E-state index in [-0.39, 0.29) is 5.91 Å². The maximum Gasteiger partial charge on any atom is 0.248 e. The van der Waals surface area contributed by atoms with E-state index in [1.54, 1.807) is 4.90 Å². The Morgan fingerprint density at radius 1 is 1.31 bits per heavy atom. The van der Waals surface area contributed by atoms with Crippen molar-refractivity contribution in [2.75, 3.05) is 4.90 Å². The molecule has 1 aromatic carbocycles. The van der Waals surface area contributed by atoms with Crippen molar-refractivity contribution in [3.8, 4) is 0 Å². The van der Waals surface area contributed by atoms with E-state index in [1.165, 1.54) is 11.8 Å². The fourth-order valence-corrected chi connectivity index (χ4v) is 3.38. The Morgan fingerprint density at radius 2 is 1.94 bits per heavy atom. The van der Waals surface area contributed by atoms with Gasteiger partial charge in [0.05, 0.1) is 10.4 Å². The average Bonchev–Trinajstić information content (AvgIpc) is 2.39. The maximum absolute atomic E-state index is 12.2. The molecule has 1 heterocycles. The van der Waals surface area contributed by atoms with Crippen LogP contribution in [-0.2, 0) is 4.79 Å². The molecule has 0 spiro atoms. The summed E-state index contributed by atoms with van der Waals surface area (Å²) in [5.74, 6) is 0.0665. The van der Waals surface area contributed by atoms with Crippen molar-refractivity contribution in [2.45, 2.75) is 25.5 Å². The standard InChI is InChI=1S/C12H13NOS2/c1-8-6-4-5-7-9(8)13-10(14)12(2,3)16-11(13)15/h4-7H,1-3H3. The molecule has 1 fully saturated rings. The van der Waals surface area contributed by atoms with Crippen LogP contribution in [0.2, 0.25) is 0 Å². The van der Waals surface area contributed by atoms with Gasteiger partial charge in [-0.25, -0.2) is 0 Å². The van der Waals surface area contributed by atoms with Crippen LogP contribution >= 0.6 is 24.0 Å². The normalized spacial score (nSPS) is 19.3. The van der Waals surface area contributed by atoms with E-state index in [1.807, 2.05) is 45.0 Å². The second-order valence-corrected chi connectivity index (χ2v) is 6.56. The summed E-state index contributed by atoms with van der Waals surface area (Å²) in [6, 6.07) is 7.80. The molecule has 4 heteroatoms. The third kappa shape index (κ3) is 1.76. The van der Waals surface area contributed by atoms with Crippen molar-refractivity contribution in [3.05, 3.63) is 29.8 Å². The number of benzene rings is 1. The Kier molecular flexibility index (Phi) is 2.80. The molecule has 0 aliphatic carbocycles. The zero-order valence-corrected chi connectivity index (χ0v) is 11.1. The molecule has 16 heavy (non-hydrogen) atoms. The van der Waals surface area contributed by atoms with Gasteiger partial charge in [-0.2, -0.15) is 0 Å². The number of hydrogen-bond acceptors (Lipinski definition) is 3. The summed E-state index contributed by atoms with van der Waals surface area (Å²) in [5.41, 5.74) is 1.96. The lowest BCUT2D eigenvalue weighted by Crippen LogP contribution is -2.35. The third-order valence-electron chi connectivity index (χ3n) is 2.60. The van der Waals surface area contributed by atoms with Crippen LogP contribution in [0.25, 0.3) is 0 Å². The molecule has 2 rings (SSSR count). The smallest absolute Gasteiger partial charge is 0.248 e. The minimum atomic E-state index is -0.445. The Morgan fingerprint density at radius 3 is 2.44 bits per heavy atom. The van der Waals surface area contributed by atoms with Gasteiger partial charge in [-0.05, 0) is 32.4 Å². The molecule has 2 nitrogen and oxygen atoms in total. The molecule has 1 aliphatic heterocycles. The highest BCUT2D eigenvalue weighted by atomic mass is 32.2. The number of nitrogens with zero attached hydrogens (tertiary/aromatic N) is 1. The monoisotopic (exact) mass is 251 g/mol. The molecule has 0 N–H and O–H groups in total. The first-order chi connectivity index (χ1) is 7.43. The van der Waals surface area contributed by atoms with Crippen LogP contribution in [0, 0.1) is 6.92 Å². The fourth-order valence-electron chi connectivity index (χ4n) is 1.68. The topological polar surface area (TPSA) is 20.3 Å². The van der Waals surface area contributed by atoms with Gasteiger partial charge in [0, 0.05) is 0 Å². The largest absolute Gasteiger partial charge is 0.272 e. The van der Waals surface area contributed by atoms with E-state index in [0.29, 0.717) is 4.32 Å². The highest BCUT2D eigenvalue weighted by Crippen LogP contribution is 2.40. The van der Waals surface area contributed by atoms with Crippen LogP contribution in [0.1, 0.15) is 19.4 Å². The zero-order chi connectivity index (χ0) is 11.9. The number of para-hydroxylation sites is 1. The van der Waals surface area contributed by atoms with Crippen molar-refractivity contribution >= 4 is 39.9 Å². The van der Waals surface area contributed by atoms with E-state index in [0.717, 1.165) is 11.3 Å². The summed E-state index contributed by atoms with van der Waals surface area (Å²) >= 11 is 6.73. The Balaban J connectivity index is 2.47.